The van der Waals surface area contributed by atoms with Crippen LogP contribution in [0.2, 0.25) is 0 Å². The van der Waals surface area contributed by atoms with E-state index < -0.39 is 0 Å². The van der Waals surface area contributed by atoms with Gasteiger partial charge in [-0.05, 0) is 49.3 Å². The molecule has 1 aromatic carbocycles. The molecule has 7 heteroatoms. The Balaban J connectivity index is 1.34. The topological polar surface area (TPSA) is 78.5 Å². The lowest BCUT2D eigenvalue weighted by Crippen LogP contribution is -2.43. The van der Waals surface area contributed by atoms with Crippen molar-refractivity contribution in [2.45, 2.75) is 46.1 Å². The van der Waals surface area contributed by atoms with Crippen molar-refractivity contribution in [3.63, 3.8) is 0 Å². The highest BCUT2D eigenvalue weighted by Crippen LogP contribution is 2.37. The number of hydrogen-bond acceptors (Lipinski definition) is 3. The number of benzene rings is 1. The van der Waals surface area contributed by atoms with Crippen molar-refractivity contribution in [1.29, 1.82) is 0 Å². The van der Waals surface area contributed by atoms with Crippen LogP contribution in [0, 0.1) is 30.5 Å². The number of hydrogen-bond donors (Lipinski definition) is 2. The number of nitrogens with one attached hydrogen (secondary N) is 2. The van der Waals surface area contributed by atoms with Crippen LogP contribution in [0.4, 0.5) is 4.39 Å². The molecule has 0 unspecified atom stereocenters. The zero-order valence-electron chi connectivity index (χ0n) is 17.2. The molecule has 0 aromatic heterocycles. The van der Waals surface area contributed by atoms with E-state index in [4.69, 9.17) is 0 Å². The van der Waals surface area contributed by atoms with Crippen LogP contribution < -0.4 is 10.6 Å². The third-order valence-corrected chi connectivity index (χ3v) is 6.01. The number of likely N-dealkylation sites (tertiary alicyclic amines) is 1. The number of amides is 3. The maximum Gasteiger partial charge on any atom is 0.224 e. The molecule has 2 atom stereocenters. The van der Waals surface area contributed by atoms with Gasteiger partial charge in [0.2, 0.25) is 17.7 Å². The molecule has 29 heavy (non-hydrogen) atoms. The van der Waals surface area contributed by atoms with Gasteiger partial charge < -0.3 is 15.5 Å². The highest BCUT2D eigenvalue weighted by Gasteiger charge is 2.38. The number of carbonyl (C=O) groups excluding carboxylic acids is 3. The van der Waals surface area contributed by atoms with Gasteiger partial charge in [-0.15, -0.1) is 0 Å². The number of nitrogens with zero attached hydrogens (tertiary/aromatic N) is 1. The lowest BCUT2D eigenvalue weighted by atomic mass is 9.95. The van der Waals surface area contributed by atoms with E-state index in [1.165, 1.54) is 6.07 Å². The smallest absolute Gasteiger partial charge is 0.224 e. The van der Waals surface area contributed by atoms with E-state index in [9.17, 15) is 18.8 Å². The summed E-state index contributed by atoms with van der Waals surface area (Å²) in [7, 11) is 0. The zero-order valence-corrected chi connectivity index (χ0v) is 17.2. The van der Waals surface area contributed by atoms with Crippen LogP contribution in [-0.4, -0.2) is 42.3 Å². The molecule has 6 nitrogen and oxygen atoms in total. The van der Waals surface area contributed by atoms with Crippen LogP contribution in [0.5, 0.6) is 0 Å². The van der Waals surface area contributed by atoms with Crippen molar-refractivity contribution in [3.8, 4) is 0 Å². The number of piperidine rings is 1. The van der Waals surface area contributed by atoms with Crippen LogP contribution in [0.15, 0.2) is 18.2 Å². The van der Waals surface area contributed by atoms with Gasteiger partial charge in [0.25, 0.3) is 0 Å². The third kappa shape index (κ3) is 5.78. The Bertz CT molecular complexity index is 775. The van der Waals surface area contributed by atoms with Crippen LogP contribution in [-0.2, 0) is 20.9 Å². The van der Waals surface area contributed by atoms with Gasteiger partial charge in [0.15, 0.2) is 0 Å². The minimum absolute atomic E-state index is 0.0168. The van der Waals surface area contributed by atoms with E-state index in [1.807, 2.05) is 6.07 Å². The molecular formula is C22H30FN3O3. The standard InChI is InChI=1S/C22H30FN3O3/c1-14-3-4-16(12-19(14)23)13-25-21(28)17-6-9-26(10-7-17)20(27)5-8-24-22(29)18-11-15(18)2/h3-4,12,15,17-18H,5-11,13H2,1-2H3,(H,24,29)(H,25,28)/t15-,18+/m1/s1. The fourth-order valence-corrected chi connectivity index (χ4v) is 3.74. The highest BCUT2D eigenvalue weighted by molar-refractivity contribution is 5.83. The molecule has 3 amide bonds. The van der Waals surface area contributed by atoms with Crippen molar-refractivity contribution < 1.29 is 18.8 Å². The van der Waals surface area contributed by atoms with Crippen LogP contribution in [0.25, 0.3) is 0 Å². The normalized spacial score (nSPS) is 21.6. The molecule has 2 fully saturated rings. The third-order valence-electron chi connectivity index (χ3n) is 6.01. The summed E-state index contributed by atoms with van der Waals surface area (Å²) >= 11 is 0. The summed E-state index contributed by atoms with van der Waals surface area (Å²) < 4.78 is 13.6. The van der Waals surface area contributed by atoms with Crippen LogP contribution in [0.3, 0.4) is 0 Å². The monoisotopic (exact) mass is 403 g/mol. The van der Waals surface area contributed by atoms with Gasteiger partial charge in [0.1, 0.15) is 5.82 Å². The molecule has 2 N–H and O–H groups in total. The average molecular weight is 403 g/mol. The summed E-state index contributed by atoms with van der Waals surface area (Å²) in [5, 5.41) is 5.70. The minimum atomic E-state index is -0.272. The number of rotatable bonds is 7. The largest absolute Gasteiger partial charge is 0.355 e. The fourth-order valence-electron chi connectivity index (χ4n) is 3.74. The summed E-state index contributed by atoms with van der Waals surface area (Å²) in [6.45, 7) is 5.51. The first-order chi connectivity index (χ1) is 13.8. The lowest BCUT2D eigenvalue weighted by molar-refractivity contribution is -0.135. The molecular weight excluding hydrogens is 373 g/mol. The Morgan fingerprint density at radius 3 is 2.45 bits per heavy atom. The predicted molar refractivity (Wildman–Crippen MR) is 107 cm³/mol. The van der Waals surface area contributed by atoms with Gasteiger partial charge in [0.05, 0.1) is 0 Å². The molecule has 2 aliphatic rings. The predicted octanol–water partition coefficient (Wildman–Crippen LogP) is 2.15. The zero-order chi connectivity index (χ0) is 21.0. The molecule has 1 aromatic rings. The van der Waals surface area contributed by atoms with E-state index in [2.05, 4.69) is 17.6 Å². The Labute approximate surface area is 171 Å². The second kappa shape index (κ2) is 9.37. The van der Waals surface area contributed by atoms with Crippen molar-refractivity contribution >= 4 is 17.7 Å². The Kier molecular flexibility index (Phi) is 6.87. The maximum absolute atomic E-state index is 13.6. The minimum Gasteiger partial charge on any atom is -0.355 e. The molecule has 0 spiro atoms. The number of carbonyl (C=O) groups is 3. The Hall–Kier alpha value is -2.44. The van der Waals surface area contributed by atoms with Crippen molar-refractivity contribution in [1.82, 2.24) is 15.5 Å². The fraction of sp³-hybridized carbons (Fsp3) is 0.591. The summed E-state index contributed by atoms with van der Waals surface area (Å²) in [6, 6.07) is 4.96. The van der Waals surface area contributed by atoms with Crippen LogP contribution in [0.1, 0.15) is 43.7 Å². The second-order valence-electron chi connectivity index (χ2n) is 8.32. The molecule has 1 aliphatic heterocycles. The first-order valence-electron chi connectivity index (χ1n) is 10.4. The van der Waals surface area contributed by atoms with Gasteiger partial charge in [-0.1, -0.05) is 19.1 Å². The second-order valence-corrected chi connectivity index (χ2v) is 8.32. The van der Waals surface area contributed by atoms with Crippen molar-refractivity contribution in [3.05, 3.63) is 35.1 Å². The summed E-state index contributed by atoms with van der Waals surface area (Å²) in [5.41, 5.74) is 1.32. The quantitative estimate of drug-likeness (QED) is 0.732. The molecule has 0 radical (unpaired) electrons. The van der Waals surface area contributed by atoms with Gasteiger partial charge in [-0.3, -0.25) is 14.4 Å². The van der Waals surface area contributed by atoms with E-state index >= 15 is 0 Å². The summed E-state index contributed by atoms with van der Waals surface area (Å²) in [5.74, 6) is 0.189. The average Bonchev–Trinajstić information content (AvgIpc) is 3.45. The summed E-state index contributed by atoms with van der Waals surface area (Å²) in [4.78, 5) is 38.3. The molecule has 1 saturated heterocycles. The molecule has 158 valence electrons. The molecule has 1 aliphatic carbocycles. The molecule has 1 heterocycles. The number of halogens is 1. The van der Waals surface area contributed by atoms with E-state index in [1.54, 1.807) is 17.9 Å². The van der Waals surface area contributed by atoms with E-state index in [-0.39, 0.29) is 35.4 Å². The highest BCUT2D eigenvalue weighted by atomic mass is 19.1. The van der Waals surface area contributed by atoms with E-state index in [0.717, 1.165) is 12.0 Å². The maximum atomic E-state index is 13.6. The van der Waals surface area contributed by atoms with Crippen molar-refractivity contribution in [2.75, 3.05) is 19.6 Å². The first kappa shape index (κ1) is 21.3. The Morgan fingerprint density at radius 2 is 1.83 bits per heavy atom. The van der Waals surface area contributed by atoms with Gasteiger partial charge in [-0.25, -0.2) is 4.39 Å². The first-order valence-corrected chi connectivity index (χ1v) is 10.4. The van der Waals surface area contributed by atoms with Crippen molar-refractivity contribution in [2.24, 2.45) is 17.8 Å². The molecule has 0 bridgehead atoms. The number of aryl methyl sites for hydroxylation is 1. The molecule has 3 rings (SSSR count). The molecule has 1 saturated carbocycles. The van der Waals surface area contributed by atoms with Crippen LogP contribution >= 0.6 is 0 Å². The lowest BCUT2D eigenvalue weighted by Gasteiger charge is -2.31. The SMILES string of the molecule is Cc1ccc(CNC(=O)C2CCN(C(=O)CCNC(=O)[C@H]3C[C@H]3C)CC2)cc1F. The Morgan fingerprint density at radius 1 is 1.14 bits per heavy atom. The van der Waals surface area contributed by atoms with Gasteiger partial charge in [-0.2, -0.15) is 0 Å². The van der Waals surface area contributed by atoms with Gasteiger partial charge in [0, 0.05) is 44.4 Å². The van der Waals surface area contributed by atoms with Gasteiger partial charge >= 0.3 is 0 Å². The summed E-state index contributed by atoms with van der Waals surface area (Å²) in [6.07, 6.45) is 2.47. The van der Waals surface area contributed by atoms with E-state index in [0.29, 0.717) is 56.9 Å².